The van der Waals surface area contributed by atoms with Crippen molar-refractivity contribution in [1.82, 2.24) is 15.1 Å². The van der Waals surface area contributed by atoms with Gasteiger partial charge < -0.3 is 14.8 Å². The molecule has 1 saturated heterocycles. The molecule has 3 rings (SSSR count). The van der Waals surface area contributed by atoms with E-state index in [4.69, 9.17) is 9.47 Å². The Morgan fingerprint density at radius 3 is 2.96 bits per heavy atom. The van der Waals surface area contributed by atoms with E-state index >= 15 is 0 Å². The van der Waals surface area contributed by atoms with E-state index in [1.165, 1.54) is 0 Å². The molecule has 128 valence electrons. The average molecular weight is 329 g/mol. The van der Waals surface area contributed by atoms with Crippen LogP contribution >= 0.6 is 0 Å². The van der Waals surface area contributed by atoms with Gasteiger partial charge in [0.2, 0.25) is 0 Å². The molecule has 1 aliphatic heterocycles. The van der Waals surface area contributed by atoms with Crippen LogP contribution in [0.1, 0.15) is 30.1 Å². The number of hydrogen-bond donors (Lipinski definition) is 1. The minimum atomic E-state index is -0.0969. The van der Waals surface area contributed by atoms with Gasteiger partial charge in [-0.05, 0) is 50.1 Å². The Morgan fingerprint density at radius 1 is 1.46 bits per heavy atom. The molecule has 1 aromatic carbocycles. The topological polar surface area (TPSA) is 65.4 Å². The fourth-order valence-corrected chi connectivity index (χ4v) is 2.71. The molecule has 1 amide bonds. The molecule has 1 aromatic heterocycles. The van der Waals surface area contributed by atoms with E-state index < -0.39 is 0 Å². The molecule has 1 aliphatic rings. The van der Waals surface area contributed by atoms with Crippen LogP contribution in [0.3, 0.4) is 0 Å². The Morgan fingerprint density at radius 2 is 2.29 bits per heavy atom. The van der Waals surface area contributed by atoms with Gasteiger partial charge in [-0.1, -0.05) is 0 Å². The molecule has 2 aromatic rings. The molecule has 2 atom stereocenters. The van der Waals surface area contributed by atoms with Crippen LogP contribution in [0, 0.1) is 0 Å². The lowest BCUT2D eigenvalue weighted by Gasteiger charge is -2.14. The molecular weight excluding hydrogens is 306 g/mol. The molecular formula is C18H23N3O3. The van der Waals surface area contributed by atoms with E-state index in [0.717, 1.165) is 25.2 Å². The Balaban J connectivity index is 1.47. The summed E-state index contributed by atoms with van der Waals surface area (Å²) in [5, 5.41) is 7.11. The monoisotopic (exact) mass is 329 g/mol. The molecule has 6 nitrogen and oxygen atoms in total. The zero-order chi connectivity index (χ0) is 16.8. The van der Waals surface area contributed by atoms with Crippen molar-refractivity contribution >= 4 is 5.91 Å². The van der Waals surface area contributed by atoms with Crippen LogP contribution in [-0.4, -0.2) is 41.0 Å². The average Bonchev–Trinajstić information content (AvgIpc) is 3.27. The number of ether oxygens (including phenoxy) is 2. The van der Waals surface area contributed by atoms with Gasteiger partial charge in [0, 0.05) is 30.6 Å². The highest BCUT2D eigenvalue weighted by molar-refractivity contribution is 5.94. The number of carbonyl (C=O) groups is 1. The molecule has 0 radical (unpaired) electrons. The van der Waals surface area contributed by atoms with Crippen LogP contribution in [-0.2, 0) is 11.3 Å². The Hall–Kier alpha value is -2.34. The van der Waals surface area contributed by atoms with Crippen molar-refractivity contribution in [3.8, 4) is 5.75 Å². The van der Waals surface area contributed by atoms with Gasteiger partial charge in [0.1, 0.15) is 12.4 Å². The molecule has 1 N–H and O–H groups in total. The van der Waals surface area contributed by atoms with E-state index in [-0.39, 0.29) is 18.1 Å². The number of amides is 1. The molecule has 0 bridgehead atoms. The van der Waals surface area contributed by atoms with Gasteiger partial charge in [0.15, 0.2) is 0 Å². The summed E-state index contributed by atoms with van der Waals surface area (Å²) in [6, 6.07) is 9.06. The summed E-state index contributed by atoms with van der Waals surface area (Å²) in [4.78, 5) is 12.3. The summed E-state index contributed by atoms with van der Waals surface area (Å²) < 4.78 is 13.0. The van der Waals surface area contributed by atoms with Gasteiger partial charge in [-0.15, -0.1) is 0 Å². The lowest BCUT2D eigenvalue weighted by atomic mass is 10.2. The van der Waals surface area contributed by atoms with Crippen LogP contribution in [0.5, 0.6) is 5.75 Å². The van der Waals surface area contributed by atoms with Crippen LogP contribution in [0.15, 0.2) is 42.7 Å². The van der Waals surface area contributed by atoms with Crippen molar-refractivity contribution < 1.29 is 14.3 Å². The number of benzene rings is 1. The van der Waals surface area contributed by atoms with Crippen LogP contribution in [0.4, 0.5) is 0 Å². The minimum Gasteiger partial charge on any atom is -0.491 e. The molecule has 2 heterocycles. The number of carbonyl (C=O) groups excluding carboxylic acids is 1. The third-order valence-electron chi connectivity index (χ3n) is 3.97. The number of aromatic nitrogens is 2. The van der Waals surface area contributed by atoms with Gasteiger partial charge in [0.05, 0.1) is 12.6 Å². The number of rotatable bonds is 7. The fraction of sp³-hybridized carbons (Fsp3) is 0.444. The Bertz CT molecular complexity index is 634. The van der Waals surface area contributed by atoms with Crippen LogP contribution < -0.4 is 10.1 Å². The molecule has 0 aliphatic carbocycles. The second-order valence-electron chi connectivity index (χ2n) is 6.07. The minimum absolute atomic E-state index is 0.00663. The maximum absolute atomic E-state index is 12.3. The SMILES string of the molecule is C[C@H](Cn1cccn1)NC(=O)c1ccc(OC[C@@H]2CCCO2)cc1. The molecule has 24 heavy (non-hydrogen) atoms. The maximum atomic E-state index is 12.3. The first-order chi connectivity index (χ1) is 11.7. The van der Waals surface area contributed by atoms with Crippen molar-refractivity contribution in [2.24, 2.45) is 0 Å². The van der Waals surface area contributed by atoms with Crippen molar-refractivity contribution in [2.75, 3.05) is 13.2 Å². The van der Waals surface area contributed by atoms with Gasteiger partial charge in [-0.2, -0.15) is 5.10 Å². The smallest absolute Gasteiger partial charge is 0.251 e. The number of nitrogens with one attached hydrogen (secondary N) is 1. The first-order valence-electron chi connectivity index (χ1n) is 8.33. The number of nitrogens with zero attached hydrogens (tertiary/aromatic N) is 2. The van der Waals surface area contributed by atoms with E-state index in [1.54, 1.807) is 23.0 Å². The van der Waals surface area contributed by atoms with Crippen molar-refractivity contribution in [3.05, 3.63) is 48.3 Å². The summed E-state index contributed by atoms with van der Waals surface area (Å²) in [7, 11) is 0. The fourth-order valence-electron chi connectivity index (χ4n) is 2.71. The first-order valence-corrected chi connectivity index (χ1v) is 8.33. The summed E-state index contributed by atoms with van der Waals surface area (Å²) >= 11 is 0. The molecule has 0 unspecified atom stereocenters. The quantitative estimate of drug-likeness (QED) is 0.846. The predicted molar refractivity (Wildman–Crippen MR) is 90.1 cm³/mol. The standard InChI is InChI=1S/C18H23N3O3/c1-14(12-21-10-3-9-19-21)20-18(22)15-5-7-16(8-6-15)24-13-17-4-2-11-23-17/h3,5-10,14,17H,2,4,11-13H2,1H3,(H,20,22)/t14-,17+/m1/s1. The van der Waals surface area contributed by atoms with E-state index in [2.05, 4.69) is 10.4 Å². The van der Waals surface area contributed by atoms with Gasteiger partial charge in [-0.25, -0.2) is 0 Å². The molecule has 0 saturated carbocycles. The molecule has 6 heteroatoms. The van der Waals surface area contributed by atoms with Gasteiger partial charge in [-0.3, -0.25) is 9.48 Å². The van der Waals surface area contributed by atoms with Crippen LogP contribution in [0.25, 0.3) is 0 Å². The second kappa shape index (κ2) is 7.97. The summed E-state index contributed by atoms with van der Waals surface area (Å²) in [5.41, 5.74) is 0.617. The van der Waals surface area contributed by atoms with Gasteiger partial charge >= 0.3 is 0 Å². The molecule has 0 spiro atoms. The third kappa shape index (κ3) is 4.58. The molecule has 1 fully saturated rings. The second-order valence-corrected chi connectivity index (χ2v) is 6.07. The van der Waals surface area contributed by atoms with Gasteiger partial charge in [0.25, 0.3) is 5.91 Å². The first kappa shape index (κ1) is 16.5. The summed E-state index contributed by atoms with van der Waals surface area (Å²) in [6.07, 6.45) is 5.95. The highest BCUT2D eigenvalue weighted by atomic mass is 16.5. The zero-order valence-corrected chi connectivity index (χ0v) is 13.9. The lowest BCUT2D eigenvalue weighted by molar-refractivity contribution is 0.0679. The van der Waals surface area contributed by atoms with Crippen molar-refractivity contribution in [1.29, 1.82) is 0 Å². The van der Waals surface area contributed by atoms with E-state index in [1.807, 2.05) is 31.3 Å². The zero-order valence-electron chi connectivity index (χ0n) is 13.9. The summed E-state index contributed by atoms with van der Waals surface area (Å²) in [5.74, 6) is 0.659. The van der Waals surface area contributed by atoms with Crippen LogP contribution in [0.2, 0.25) is 0 Å². The Labute approximate surface area is 141 Å². The largest absolute Gasteiger partial charge is 0.491 e. The normalized spacial score (nSPS) is 18.3. The number of hydrogen-bond acceptors (Lipinski definition) is 4. The van der Waals surface area contributed by atoms with Crippen molar-refractivity contribution in [3.63, 3.8) is 0 Å². The third-order valence-corrected chi connectivity index (χ3v) is 3.97. The highest BCUT2D eigenvalue weighted by Crippen LogP contribution is 2.16. The summed E-state index contributed by atoms with van der Waals surface area (Å²) in [6.45, 7) is 3.98. The maximum Gasteiger partial charge on any atom is 0.251 e. The Kier molecular flexibility index (Phi) is 5.48. The van der Waals surface area contributed by atoms with E-state index in [9.17, 15) is 4.79 Å². The lowest BCUT2D eigenvalue weighted by Crippen LogP contribution is -2.35. The van der Waals surface area contributed by atoms with E-state index in [0.29, 0.717) is 18.7 Å². The predicted octanol–water partition coefficient (Wildman–Crippen LogP) is 2.26. The van der Waals surface area contributed by atoms with Crippen molar-refractivity contribution in [2.45, 2.75) is 38.5 Å². The highest BCUT2D eigenvalue weighted by Gasteiger charge is 2.16.